The van der Waals surface area contributed by atoms with E-state index < -0.39 is 0 Å². The van der Waals surface area contributed by atoms with E-state index in [9.17, 15) is 4.79 Å². The molecule has 0 aromatic carbocycles. The van der Waals surface area contributed by atoms with E-state index in [1.54, 1.807) is 0 Å². The molecule has 0 bridgehead atoms. The van der Waals surface area contributed by atoms with Crippen LogP contribution in [0.1, 0.15) is 40.0 Å². The molecule has 0 aliphatic heterocycles. The first-order chi connectivity index (χ1) is 10.6. The van der Waals surface area contributed by atoms with Gasteiger partial charge in [-0.15, -0.1) is 0 Å². The first-order valence-corrected chi connectivity index (χ1v) is 6.64. The van der Waals surface area contributed by atoms with Crippen LogP contribution in [0, 0.1) is 31.8 Å². The van der Waals surface area contributed by atoms with Gasteiger partial charge in [-0.2, -0.15) is 0 Å². The van der Waals surface area contributed by atoms with Crippen LogP contribution in [0.25, 0.3) is 0 Å². The molecule has 0 N–H and O–H groups in total. The average molecular weight is 362 g/mol. The number of rotatable bonds is 5. The van der Waals surface area contributed by atoms with E-state index in [1.165, 1.54) is 12.8 Å². The van der Waals surface area contributed by atoms with Gasteiger partial charge in [0, 0.05) is 23.0 Å². The van der Waals surface area contributed by atoms with Crippen molar-refractivity contribution in [3.8, 4) is 0 Å². The minimum Gasteiger partial charge on any atom is 0 e. The van der Waals surface area contributed by atoms with Crippen LogP contribution in [0.5, 0.6) is 0 Å². The number of ether oxygens (including phenoxy) is 1. The van der Waals surface area contributed by atoms with E-state index in [1.807, 2.05) is 32.9 Å². The van der Waals surface area contributed by atoms with Gasteiger partial charge in [0.15, 0.2) is 0 Å². The molecule has 0 aromatic heterocycles. The van der Waals surface area contributed by atoms with Gasteiger partial charge in [-0.1, -0.05) is 30.7 Å². The molecule has 1 aliphatic carbocycles. The third-order valence-corrected chi connectivity index (χ3v) is 3.48. The van der Waals surface area contributed by atoms with Crippen LogP contribution in [0.3, 0.4) is 0 Å². The van der Waals surface area contributed by atoms with Gasteiger partial charge in [-0.25, -0.2) is 0 Å². The molecule has 0 saturated heterocycles. The molecular formula is C17H22FeO5. The Labute approximate surface area is 149 Å². The van der Waals surface area contributed by atoms with Crippen molar-refractivity contribution in [2.24, 2.45) is 11.8 Å². The number of hydrogen-bond donors (Lipinski definition) is 0. The van der Waals surface area contributed by atoms with Crippen molar-refractivity contribution in [2.75, 3.05) is 0 Å². The molecule has 23 heavy (non-hydrogen) atoms. The van der Waals surface area contributed by atoms with Gasteiger partial charge in [0.2, 0.25) is 0 Å². The van der Waals surface area contributed by atoms with Crippen molar-refractivity contribution in [2.45, 2.75) is 45.6 Å². The predicted octanol–water partition coefficient (Wildman–Crippen LogP) is 3.37. The maximum atomic E-state index is 10.5. The standard InChI is InChI=1S/C14H22O2.3CO.Fe/c1-4-5-6-8-12-9-7-10-13(12)14(2,3)16-11-15;3*1-2;/h4-6,8,11-13H,7,9-10H2,1-3H3;;;;/b5-4+,8-6+;;;;/t12-,13-;;;;/m0..../s1. The first kappa shape index (κ1) is 29.7. The summed E-state index contributed by atoms with van der Waals surface area (Å²) in [6, 6.07) is 0. The largest absolute Gasteiger partial charge is 0 e. The smallest absolute Gasteiger partial charge is 0 e. The average Bonchev–Trinajstić information content (AvgIpc) is 3.03. The molecule has 0 spiro atoms. The summed E-state index contributed by atoms with van der Waals surface area (Å²) in [7, 11) is 0. The minimum atomic E-state index is -0.344. The fourth-order valence-corrected chi connectivity index (χ4v) is 2.61. The zero-order chi connectivity index (χ0) is 18.0. The van der Waals surface area contributed by atoms with Crippen LogP contribution in [0.15, 0.2) is 24.3 Å². The fourth-order valence-electron chi connectivity index (χ4n) is 2.61. The zero-order valence-electron chi connectivity index (χ0n) is 13.6. The van der Waals surface area contributed by atoms with E-state index in [-0.39, 0.29) is 22.7 Å². The van der Waals surface area contributed by atoms with E-state index >= 15 is 0 Å². The van der Waals surface area contributed by atoms with Crippen molar-refractivity contribution in [3.05, 3.63) is 44.3 Å². The van der Waals surface area contributed by atoms with E-state index in [0.717, 1.165) is 6.42 Å². The summed E-state index contributed by atoms with van der Waals surface area (Å²) in [5.74, 6) is 0.977. The molecule has 1 fully saturated rings. The van der Waals surface area contributed by atoms with Crippen molar-refractivity contribution in [3.63, 3.8) is 0 Å². The van der Waals surface area contributed by atoms with Gasteiger partial charge in [-0.05, 0) is 39.5 Å². The molecule has 0 unspecified atom stereocenters. The molecule has 2 atom stereocenters. The number of hydrogen-bond acceptors (Lipinski definition) is 2. The van der Waals surface area contributed by atoms with Gasteiger partial charge in [0.1, 0.15) is 5.60 Å². The van der Waals surface area contributed by atoms with Gasteiger partial charge >= 0.3 is 33.9 Å². The Morgan fingerprint density at radius 1 is 1.04 bits per heavy atom. The third-order valence-electron chi connectivity index (χ3n) is 3.48. The summed E-state index contributed by atoms with van der Waals surface area (Å²) in [4.78, 5) is 10.5. The van der Waals surface area contributed by atoms with Gasteiger partial charge in [-0.3, -0.25) is 4.79 Å². The summed E-state index contributed by atoms with van der Waals surface area (Å²) >= 11 is 0. The maximum Gasteiger partial charge on any atom is 0 e. The maximum absolute atomic E-state index is 10.5. The van der Waals surface area contributed by atoms with Crippen molar-refractivity contribution in [1.82, 2.24) is 0 Å². The molecular weight excluding hydrogens is 340 g/mol. The SMILES string of the molecule is C/C=C/C=C/[C@H]1CCC[C@@H]1C(C)(C)OC=O.[C-]#[O+].[C-]#[O+].[C-]#[O+].[Fe]. The third kappa shape index (κ3) is 12.9. The van der Waals surface area contributed by atoms with Crippen molar-refractivity contribution in [1.29, 1.82) is 0 Å². The Morgan fingerprint density at radius 2 is 1.57 bits per heavy atom. The van der Waals surface area contributed by atoms with Crippen molar-refractivity contribution < 1.29 is 40.6 Å². The molecule has 1 saturated carbocycles. The summed E-state index contributed by atoms with van der Waals surface area (Å²) < 4.78 is 27.7. The molecule has 0 radical (unpaired) electrons. The molecule has 0 aromatic rings. The number of carbonyl (C=O) groups excluding carboxylic acids is 1. The monoisotopic (exact) mass is 362 g/mol. The number of allylic oxidation sites excluding steroid dienone is 4. The van der Waals surface area contributed by atoms with Crippen LogP contribution in [-0.2, 0) is 40.6 Å². The van der Waals surface area contributed by atoms with Gasteiger partial charge in [0.05, 0.1) is 0 Å². The van der Waals surface area contributed by atoms with Crippen LogP contribution in [0.2, 0.25) is 0 Å². The van der Waals surface area contributed by atoms with E-state index in [0.29, 0.717) is 18.3 Å². The Balaban J connectivity index is -0.000000231. The Hall–Kier alpha value is -1.31. The summed E-state index contributed by atoms with van der Waals surface area (Å²) in [5.41, 5.74) is -0.344. The first-order valence-electron chi connectivity index (χ1n) is 6.64. The van der Waals surface area contributed by atoms with Crippen LogP contribution in [0.4, 0.5) is 0 Å². The normalized spacial score (nSPS) is 18.8. The van der Waals surface area contributed by atoms with Crippen molar-refractivity contribution >= 4 is 6.47 Å². The molecule has 0 heterocycles. The van der Waals surface area contributed by atoms with E-state index in [2.05, 4.69) is 32.1 Å². The topological polar surface area (TPSA) is 86.0 Å². The molecule has 6 heteroatoms. The Kier molecular flexibility index (Phi) is 26.7. The Bertz CT molecular complexity index is 379. The molecule has 1 aliphatic rings. The quantitative estimate of drug-likeness (QED) is 0.247. The van der Waals surface area contributed by atoms with E-state index in [4.69, 9.17) is 18.7 Å². The van der Waals surface area contributed by atoms with Gasteiger partial charge in [0.25, 0.3) is 6.47 Å². The van der Waals surface area contributed by atoms with Crippen LogP contribution < -0.4 is 0 Å². The fraction of sp³-hybridized carbons (Fsp3) is 0.529. The molecule has 5 nitrogen and oxygen atoms in total. The molecule has 0 amide bonds. The summed E-state index contributed by atoms with van der Waals surface area (Å²) in [5, 5.41) is 0. The molecule has 1 rings (SSSR count). The second kappa shape index (κ2) is 20.7. The minimum absolute atomic E-state index is 0. The van der Waals surface area contributed by atoms with Crippen LogP contribution in [-0.4, -0.2) is 12.1 Å². The Morgan fingerprint density at radius 3 is 2.00 bits per heavy atom. The van der Waals surface area contributed by atoms with Gasteiger partial charge < -0.3 is 4.74 Å². The van der Waals surface area contributed by atoms with Crippen LogP contribution >= 0.6 is 0 Å². The summed E-state index contributed by atoms with van der Waals surface area (Å²) in [6.45, 7) is 20.1. The second-order valence-electron chi connectivity index (χ2n) is 4.93. The molecule has 128 valence electrons. The second-order valence-corrected chi connectivity index (χ2v) is 4.93. The zero-order valence-corrected chi connectivity index (χ0v) is 14.7. The number of carbonyl (C=O) groups is 1. The predicted molar refractivity (Wildman–Crippen MR) is 77.8 cm³/mol. The summed E-state index contributed by atoms with van der Waals surface area (Å²) in [6.07, 6.45) is 12.0.